The van der Waals surface area contributed by atoms with Crippen LogP contribution in [0.1, 0.15) is 12.5 Å². The summed E-state index contributed by atoms with van der Waals surface area (Å²) in [5.74, 6) is 0. The molecule has 0 saturated carbocycles. The van der Waals surface area contributed by atoms with Crippen molar-refractivity contribution < 1.29 is 0 Å². The quantitative estimate of drug-likeness (QED) is 0.914. The second kappa shape index (κ2) is 5.35. The molecule has 2 heterocycles. The molecule has 1 aliphatic rings. The predicted octanol–water partition coefficient (Wildman–Crippen LogP) is 2.86. The van der Waals surface area contributed by atoms with Crippen LogP contribution in [0.15, 0.2) is 24.4 Å². The lowest BCUT2D eigenvalue weighted by atomic mass is 10.1. The number of hydrogen-bond donors (Lipinski definition) is 1. The van der Waals surface area contributed by atoms with Crippen molar-refractivity contribution in [3.05, 3.63) is 35.0 Å². The molecule has 0 amide bonds. The number of nitrogens with one attached hydrogen (secondary N) is 1. The van der Waals surface area contributed by atoms with E-state index in [0.29, 0.717) is 0 Å². The third kappa shape index (κ3) is 2.40. The molecular formula is C15H18ClN3. The van der Waals surface area contributed by atoms with E-state index in [1.807, 2.05) is 0 Å². The van der Waals surface area contributed by atoms with Crippen LogP contribution < -0.4 is 10.2 Å². The van der Waals surface area contributed by atoms with Crippen LogP contribution in [0.25, 0.3) is 10.9 Å². The molecule has 19 heavy (non-hydrogen) atoms. The maximum Gasteiger partial charge on any atom is 0.0829 e. The van der Waals surface area contributed by atoms with Crippen LogP contribution >= 0.6 is 11.6 Å². The van der Waals surface area contributed by atoms with Gasteiger partial charge in [-0.1, -0.05) is 24.6 Å². The van der Waals surface area contributed by atoms with E-state index < -0.39 is 0 Å². The van der Waals surface area contributed by atoms with Gasteiger partial charge in [0.15, 0.2) is 0 Å². The van der Waals surface area contributed by atoms with Crippen molar-refractivity contribution in [2.75, 3.05) is 31.1 Å². The Balaban J connectivity index is 2.16. The number of hydrogen-bond acceptors (Lipinski definition) is 3. The molecule has 0 atom stereocenters. The highest BCUT2D eigenvalue weighted by atomic mass is 35.5. The van der Waals surface area contributed by atoms with Gasteiger partial charge in [-0.25, -0.2) is 0 Å². The Labute approximate surface area is 118 Å². The van der Waals surface area contributed by atoms with Crippen LogP contribution in [0.5, 0.6) is 0 Å². The molecule has 2 aromatic rings. The van der Waals surface area contributed by atoms with Crippen LogP contribution in [-0.2, 0) is 6.42 Å². The van der Waals surface area contributed by atoms with E-state index in [4.69, 9.17) is 11.6 Å². The van der Waals surface area contributed by atoms with E-state index in [1.165, 1.54) is 10.9 Å². The summed E-state index contributed by atoms with van der Waals surface area (Å²) in [4.78, 5) is 6.80. The summed E-state index contributed by atoms with van der Waals surface area (Å²) in [5.41, 5.74) is 3.49. The molecule has 100 valence electrons. The Bertz CT molecular complexity index is 591. The first-order chi connectivity index (χ1) is 9.29. The number of fused-ring (bicyclic) bond motifs is 1. The Morgan fingerprint density at radius 3 is 2.84 bits per heavy atom. The predicted molar refractivity (Wildman–Crippen MR) is 81.2 cm³/mol. The zero-order valence-electron chi connectivity index (χ0n) is 11.1. The lowest BCUT2D eigenvalue weighted by Gasteiger charge is -2.31. The molecule has 1 aliphatic heterocycles. The number of rotatable bonds is 2. The molecule has 0 spiro atoms. The number of nitrogens with zero attached hydrogens (tertiary/aromatic N) is 2. The Kier molecular flexibility index (Phi) is 3.58. The molecule has 0 bridgehead atoms. The van der Waals surface area contributed by atoms with Gasteiger partial charge in [-0.15, -0.1) is 0 Å². The minimum absolute atomic E-state index is 0.752. The molecule has 1 fully saturated rings. The minimum atomic E-state index is 0.752. The lowest BCUT2D eigenvalue weighted by Crippen LogP contribution is -2.43. The van der Waals surface area contributed by atoms with Crippen LogP contribution in [0.2, 0.25) is 5.02 Å². The van der Waals surface area contributed by atoms with E-state index in [-0.39, 0.29) is 0 Å². The van der Waals surface area contributed by atoms with Gasteiger partial charge in [-0.05, 0) is 24.1 Å². The van der Waals surface area contributed by atoms with Crippen molar-refractivity contribution in [2.45, 2.75) is 13.3 Å². The summed E-state index contributed by atoms with van der Waals surface area (Å²) in [7, 11) is 0. The monoisotopic (exact) mass is 275 g/mol. The van der Waals surface area contributed by atoms with Crippen molar-refractivity contribution in [1.82, 2.24) is 10.3 Å². The first-order valence-electron chi connectivity index (χ1n) is 6.82. The normalized spacial score (nSPS) is 16.0. The van der Waals surface area contributed by atoms with Gasteiger partial charge in [0, 0.05) is 37.8 Å². The second-order valence-corrected chi connectivity index (χ2v) is 5.30. The fourth-order valence-electron chi connectivity index (χ4n) is 2.63. The molecule has 1 N–H and O–H groups in total. The topological polar surface area (TPSA) is 28.2 Å². The van der Waals surface area contributed by atoms with E-state index in [0.717, 1.165) is 48.8 Å². The van der Waals surface area contributed by atoms with Gasteiger partial charge in [0.05, 0.1) is 16.2 Å². The van der Waals surface area contributed by atoms with Gasteiger partial charge in [0.2, 0.25) is 0 Å². The van der Waals surface area contributed by atoms with Gasteiger partial charge >= 0.3 is 0 Å². The third-order valence-corrected chi connectivity index (χ3v) is 3.98. The van der Waals surface area contributed by atoms with Gasteiger partial charge in [0.25, 0.3) is 0 Å². The molecule has 4 heteroatoms. The van der Waals surface area contributed by atoms with E-state index in [9.17, 15) is 0 Å². The first kappa shape index (κ1) is 12.7. The van der Waals surface area contributed by atoms with Crippen LogP contribution in [0.4, 0.5) is 5.69 Å². The Morgan fingerprint density at radius 1 is 1.32 bits per heavy atom. The van der Waals surface area contributed by atoms with Gasteiger partial charge < -0.3 is 10.2 Å². The van der Waals surface area contributed by atoms with E-state index in [2.05, 4.69) is 40.3 Å². The number of benzene rings is 1. The fourth-order valence-corrected chi connectivity index (χ4v) is 2.90. The number of piperazine rings is 1. The lowest BCUT2D eigenvalue weighted by molar-refractivity contribution is 0.590. The standard InChI is InChI=1S/C15H18ClN3/c1-2-11-3-4-14-12(9-11)15(13(16)10-18-14)19-7-5-17-6-8-19/h3-4,9-10,17H,2,5-8H2,1H3. The Morgan fingerprint density at radius 2 is 2.11 bits per heavy atom. The molecule has 0 radical (unpaired) electrons. The highest BCUT2D eigenvalue weighted by Crippen LogP contribution is 2.33. The smallest absolute Gasteiger partial charge is 0.0829 e. The van der Waals surface area contributed by atoms with Crippen molar-refractivity contribution in [1.29, 1.82) is 0 Å². The number of halogens is 1. The molecule has 0 aliphatic carbocycles. The van der Waals surface area contributed by atoms with Gasteiger partial charge in [-0.2, -0.15) is 0 Å². The molecule has 1 aromatic carbocycles. The zero-order valence-corrected chi connectivity index (χ0v) is 11.9. The highest BCUT2D eigenvalue weighted by molar-refractivity contribution is 6.34. The van der Waals surface area contributed by atoms with Crippen LogP contribution in [-0.4, -0.2) is 31.2 Å². The number of aryl methyl sites for hydroxylation is 1. The summed E-state index contributed by atoms with van der Waals surface area (Å²) >= 11 is 6.41. The van der Waals surface area contributed by atoms with Crippen LogP contribution in [0.3, 0.4) is 0 Å². The number of anilines is 1. The average Bonchev–Trinajstić information content (AvgIpc) is 2.47. The van der Waals surface area contributed by atoms with Crippen molar-refractivity contribution >= 4 is 28.2 Å². The third-order valence-electron chi connectivity index (χ3n) is 3.70. The van der Waals surface area contributed by atoms with Crippen molar-refractivity contribution in [2.24, 2.45) is 0 Å². The second-order valence-electron chi connectivity index (χ2n) is 4.90. The Hall–Kier alpha value is -1.32. The largest absolute Gasteiger partial charge is 0.367 e. The SMILES string of the molecule is CCc1ccc2ncc(Cl)c(N3CCNCC3)c2c1. The zero-order chi connectivity index (χ0) is 13.2. The molecule has 1 aromatic heterocycles. The average molecular weight is 276 g/mol. The summed E-state index contributed by atoms with van der Waals surface area (Å²) in [6.07, 6.45) is 2.80. The molecule has 3 rings (SSSR count). The van der Waals surface area contributed by atoms with E-state index in [1.54, 1.807) is 6.20 Å². The summed E-state index contributed by atoms with van der Waals surface area (Å²) in [6.45, 7) is 6.18. The maximum atomic E-state index is 6.41. The van der Waals surface area contributed by atoms with Gasteiger partial charge in [-0.3, -0.25) is 4.98 Å². The van der Waals surface area contributed by atoms with E-state index >= 15 is 0 Å². The minimum Gasteiger partial charge on any atom is -0.367 e. The first-order valence-corrected chi connectivity index (χ1v) is 7.20. The maximum absolute atomic E-state index is 6.41. The summed E-state index contributed by atoms with van der Waals surface area (Å²) < 4.78 is 0. The summed E-state index contributed by atoms with van der Waals surface area (Å²) in [6, 6.07) is 6.46. The van der Waals surface area contributed by atoms with Crippen molar-refractivity contribution in [3.63, 3.8) is 0 Å². The molecular weight excluding hydrogens is 258 g/mol. The molecule has 0 unspecified atom stereocenters. The van der Waals surface area contributed by atoms with Gasteiger partial charge in [0.1, 0.15) is 0 Å². The van der Waals surface area contributed by atoms with Crippen molar-refractivity contribution in [3.8, 4) is 0 Å². The molecule has 3 nitrogen and oxygen atoms in total. The fraction of sp³-hybridized carbons (Fsp3) is 0.400. The summed E-state index contributed by atoms with van der Waals surface area (Å²) in [5, 5.41) is 5.30. The number of aromatic nitrogens is 1. The van der Waals surface area contributed by atoms with Crippen LogP contribution in [0, 0.1) is 0 Å². The molecule has 1 saturated heterocycles. The number of pyridine rings is 1. The highest BCUT2D eigenvalue weighted by Gasteiger charge is 2.17.